The molecule has 6 nitrogen and oxygen atoms in total. The number of nitriles is 1. The number of hydrogen-bond acceptors (Lipinski definition) is 5. The van der Waals surface area contributed by atoms with Gasteiger partial charge < -0.3 is 11.1 Å². The summed E-state index contributed by atoms with van der Waals surface area (Å²) < 4.78 is 2.02. The van der Waals surface area contributed by atoms with Gasteiger partial charge in [0.1, 0.15) is 17.5 Å². The summed E-state index contributed by atoms with van der Waals surface area (Å²) in [6.07, 6.45) is 1.05. The van der Waals surface area contributed by atoms with Crippen LogP contribution in [0.25, 0.3) is 11.3 Å². The van der Waals surface area contributed by atoms with Crippen molar-refractivity contribution in [3.05, 3.63) is 29.1 Å². The molecule has 0 fully saturated rings. The molecule has 2 aromatic rings. The molecule has 0 aromatic carbocycles. The fourth-order valence-electron chi connectivity index (χ4n) is 2.69. The number of fused-ring (bicyclic) bond motifs is 1. The first kappa shape index (κ1) is 17.3. The van der Waals surface area contributed by atoms with Crippen LogP contribution in [0.2, 0.25) is 0 Å². The highest BCUT2D eigenvalue weighted by atomic mass is 35.5. The average molecular weight is 333 g/mol. The molecule has 1 aliphatic heterocycles. The van der Waals surface area contributed by atoms with Crippen molar-refractivity contribution in [2.45, 2.75) is 39.3 Å². The topological polar surface area (TPSA) is 92.5 Å². The number of anilines is 1. The molecular formula is C16H21ClN6. The second-order valence-electron chi connectivity index (χ2n) is 5.90. The lowest BCUT2D eigenvalue weighted by Crippen LogP contribution is -2.11. The van der Waals surface area contributed by atoms with E-state index in [1.165, 1.54) is 0 Å². The minimum absolute atomic E-state index is 0. The molecule has 0 unspecified atom stereocenters. The number of nitrogens with one attached hydrogen (secondary N) is 1. The van der Waals surface area contributed by atoms with Gasteiger partial charge in [0.2, 0.25) is 0 Å². The van der Waals surface area contributed by atoms with Gasteiger partial charge in [0, 0.05) is 24.3 Å². The van der Waals surface area contributed by atoms with Gasteiger partial charge in [-0.3, -0.25) is 4.68 Å². The standard InChI is InChI=1S/C16H20N6.ClH/c1-10(2)14-7-12(13(8-17)16(18)20-14)15-6-11-9-19-4-3-5-22(11)21-15;/h6-7,10,19H,3-5,9H2,1-2H3,(H2,18,20);1H. The van der Waals surface area contributed by atoms with E-state index in [0.717, 1.165) is 48.7 Å². The first-order valence-corrected chi connectivity index (χ1v) is 7.58. The minimum atomic E-state index is 0. The second-order valence-corrected chi connectivity index (χ2v) is 5.90. The first-order valence-electron chi connectivity index (χ1n) is 7.58. The van der Waals surface area contributed by atoms with E-state index in [2.05, 4.69) is 35.3 Å². The van der Waals surface area contributed by atoms with Crippen molar-refractivity contribution in [1.82, 2.24) is 20.1 Å². The van der Waals surface area contributed by atoms with Crippen molar-refractivity contribution >= 4 is 18.2 Å². The maximum atomic E-state index is 9.42. The van der Waals surface area contributed by atoms with Crippen molar-refractivity contribution in [2.24, 2.45) is 0 Å². The maximum Gasteiger partial charge on any atom is 0.142 e. The normalized spacial score (nSPS) is 13.8. The Morgan fingerprint density at radius 2 is 2.17 bits per heavy atom. The summed E-state index contributed by atoms with van der Waals surface area (Å²) in [6.45, 7) is 6.81. The number of nitrogen functional groups attached to an aromatic ring is 1. The Morgan fingerprint density at radius 3 is 2.87 bits per heavy atom. The Hall–Kier alpha value is -2.10. The third-order valence-corrected chi connectivity index (χ3v) is 3.94. The minimum Gasteiger partial charge on any atom is -0.383 e. The van der Waals surface area contributed by atoms with Gasteiger partial charge >= 0.3 is 0 Å². The van der Waals surface area contributed by atoms with E-state index in [9.17, 15) is 5.26 Å². The van der Waals surface area contributed by atoms with Crippen molar-refractivity contribution in [3.63, 3.8) is 0 Å². The highest BCUT2D eigenvalue weighted by molar-refractivity contribution is 5.85. The van der Waals surface area contributed by atoms with Crippen LogP contribution in [0, 0.1) is 11.3 Å². The zero-order valence-corrected chi connectivity index (χ0v) is 14.2. The molecule has 0 saturated heterocycles. The summed E-state index contributed by atoms with van der Waals surface area (Å²) in [6, 6.07) is 6.15. The van der Waals surface area contributed by atoms with Gasteiger partial charge in [-0.15, -0.1) is 12.4 Å². The number of nitrogens with zero attached hydrogens (tertiary/aromatic N) is 4. The van der Waals surface area contributed by atoms with Gasteiger partial charge in [-0.2, -0.15) is 10.4 Å². The predicted molar refractivity (Wildman–Crippen MR) is 92.2 cm³/mol. The Kier molecular flexibility index (Phi) is 5.24. The number of aryl methyl sites for hydroxylation is 1. The Labute approximate surface area is 142 Å². The van der Waals surface area contributed by atoms with Crippen LogP contribution in [0.1, 0.15) is 43.1 Å². The third kappa shape index (κ3) is 3.31. The van der Waals surface area contributed by atoms with Crippen LogP contribution in [0.4, 0.5) is 5.82 Å². The number of pyridine rings is 1. The molecule has 0 amide bonds. The molecule has 3 N–H and O–H groups in total. The maximum absolute atomic E-state index is 9.42. The lowest BCUT2D eigenvalue weighted by atomic mass is 10.0. The predicted octanol–water partition coefficient (Wildman–Crippen LogP) is 2.44. The molecular weight excluding hydrogens is 312 g/mol. The smallest absolute Gasteiger partial charge is 0.142 e. The van der Waals surface area contributed by atoms with Crippen LogP contribution in [-0.2, 0) is 13.1 Å². The summed E-state index contributed by atoms with van der Waals surface area (Å²) in [5.74, 6) is 0.529. The van der Waals surface area contributed by atoms with E-state index in [1.807, 2.05) is 16.8 Å². The zero-order chi connectivity index (χ0) is 15.7. The van der Waals surface area contributed by atoms with Crippen LogP contribution in [0.15, 0.2) is 12.1 Å². The molecule has 2 aromatic heterocycles. The largest absolute Gasteiger partial charge is 0.383 e. The monoisotopic (exact) mass is 332 g/mol. The van der Waals surface area contributed by atoms with E-state index in [4.69, 9.17) is 5.73 Å². The molecule has 0 radical (unpaired) electrons. The van der Waals surface area contributed by atoms with Gasteiger partial charge in [0.25, 0.3) is 0 Å². The fraction of sp³-hybridized carbons (Fsp3) is 0.438. The number of rotatable bonds is 2. The van der Waals surface area contributed by atoms with E-state index in [0.29, 0.717) is 5.56 Å². The Balaban J connectivity index is 0.00000192. The summed E-state index contributed by atoms with van der Waals surface area (Å²) in [7, 11) is 0. The number of hydrogen-bond donors (Lipinski definition) is 2. The van der Waals surface area contributed by atoms with E-state index < -0.39 is 0 Å². The Morgan fingerprint density at radius 1 is 1.39 bits per heavy atom. The summed E-state index contributed by atoms with van der Waals surface area (Å²) in [5, 5.41) is 17.5. The molecule has 7 heteroatoms. The molecule has 3 heterocycles. The van der Waals surface area contributed by atoms with E-state index in [1.54, 1.807) is 0 Å². The van der Waals surface area contributed by atoms with Crippen molar-refractivity contribution in [2.75, 3.05) is 12.3 Å². The van der Waals surface area contributed by atoms with Gasteiger partial charge in [-0.05, 0) is 31.0 Å². The third-order valence-electron chi connectivity index (χ3n) is 3.94. The second kappa shape index (κ2) is 6.99. The van der Waals surface area contributed by atoms with Gasteiger partial charge in [0.15, 0.2) is 0 Å². The molecule has 1 aliphatic rings. The van der Waals surface area contributed by atoms with Crippen LogP contribution < -0.4 is 11.1 Å². The van der Waals surface area contributed by atoms with Crippen molar-refractivity contribution < 1.29 is 0 Å². The molecule has 0 bridgehead atoms. The molecule has 0 aliphatic carbocycles. The molecule has 3 rings (SSSR count). The zero-order valence-electron chi connectivity index (χ0n) is 13.3. The quantitative estimate of drug-likeness (QED) is 0.881. The van der Waals surface area contributed by atoms with E-state index >= 15 is 0 Å². The number of nitrogens with two attached hydrogens (primary N) is 1. The highest BCUT2D eigenvalue weighted by Crippen LogP contribution is 2.29. The van der Waals surface area contributed by atoms with Crippen LogP contribution in [0.5, 0.6) is 0 Å². The molecule has 0 spiro atoms. The fourth-order valence-corrected chi connectivity index (χ4v) is 2.69. The molecule has 0 saturated carbocycles. The van der Waals surface area contributed by atoms with Crippen LogP contribution in [-0.4, -0.2) is 21.3 Å². The average Bonchev–Trinajstić information content (AvgIpc) is 2.77. The molecule has 0 atom stereocenters. The highest BCUT2D eigenvalue weighted by Gasteiger charge is 2.18. The van der Waals surface area contributed by atoms with Gasteiger partial charge in [-0.1, -0.05) is 13.8 Å². The summed E-state index contributed by atoms with van der Waals surface area (Å²) >= 11 is 0. The molecule has 23 heavy (non-hydrogen) atoms. The van der Waals surface area contributed by atoms with Gasteiger partial charge in [0.05, 0.1) is 11.4 Å². The first-order chi connectivity index (χ1) is 10.6. The summed E-state index contributed by atoms with van der Waals surface area (Å²) in [5.41, 5.74) is 9.98. The summed E-state index contributed by atoms with van der Waals surface area (Å²) in [4.78, 5) is 4.33. The molecule has 122 valence electrons. The lowest BCUT2D eigenvalue weighted by Gasteiger charge is -2.10. The number of aromatic nitrogens is 3. The van der Waals surface area contributed by atoms with Crippen LogP contribution in [0.3, 0.4) is 0 Å². The van der Waals surface area contributed by atoms with Crippen LogP contribution >= 0.6 is 12.4 Å². The van der Waals surface area contributed by atoms with E-state index in [-0.39, 0.29) is 24.1 Å². The van der Waals surface area contributed by atoms with Gasteiger partial charge in [-0.25, -0.2) is 4.98 Å². The van der Waals surface area contributed by atoms with Crippen molar-refractivity contribution in [3.8, 4) is 17.3 Å². The Bertz CT molecular complexity index is 720. The SMILES string of the molecule is CC(C)c1cc(-c2cc3n(n2)CCCNC3)c(C#N)c(N)n1.Cl. The van der Waals surface area contributed by atoms with Crippen molar-refractivity contribution in [1.29, 1.82) is 5.26 Å². The number of halogens is 1. The lowest BCUT2D eigenvalue weighted by molar-refractivity contribution is 0.589.